The zero-order valence-electron chi connectivity index (χ0n) is 14.3. The van der Waals surface area contributed by atoms with Gasteiger partial charge in [-0.25, -0.2) is 0 Å². The number of rotatable bonds is 12. The van der Waals surface area contributed by atoms with Gasteiger partial charge >= 0.3 is 0 Å². The third-order valence-corrected chi connectivity index (χ3v) is 3.59. The van der Waals surface area contributed by atoms with Crippen molar-refractivity contribution >= 4 is 41.7 Å². The van der Waals surface area contributed by atoms with Crippen LogP contribution in [0.2, 0.25) is 0 Å². The van der Waals surface area contributed by atoms with Gasteiger partial charge in [-0.15, -0.1) is 24.0 Å². The molecule has 0 fully saturated rings. The number of halogens is 1. The molecule has 128 valence electrons. The van der Waals surface area contributed by atoms with Crippen LogP contribution in [-0.2, 0) is 0 Å². The Morgan fingerprint density at radius 2 is 1.71 bits per heavy atom. The zero-order chi connectivity index (χ0) is 15.1. The number of thioether (sulfide) groups is 1. The average molecular weight is 430 g/mol. The molecular weight excluding hydrogens is 395 g/mol. The molecule has 0 saturated carbocycles. The molecule has 0 aromatic rings. The third kappa shape index (κ3) is 18.3. The van der Waals surface area contributed by atoms with Crippen molar-refractivity contribution in [3.63, 3.8) is 0 Å². The SMILES string of the molecule is CCNC(=NCCCCCCCN(C)C)NCCSC.I. The first-order valence-corrected chi connectivity index (χ1v) is 9.26. The van der Waals surface area contributed by atoms with E-state index in [0.29, 0.717) is 0 Å². The van der Waals surface area contributed by atoms with Crippen molar-refractivity contribution in [3.8, 4) is 0 Å². The molecule has 0 amide bonds. The Morgan fingerprint density at radius 3 is 2.33 bits per heavy atom. The maximum atomic E-state index is 4.61. The van der Waals surface area contributed by atoms with Gasteiger partial charge in [-0.1, -0.05) is 19.3 Å². The van der Waals surface area contributed by atoms with E-state index in [4.69, 9.17) is 0 Å². The van der Waals surface area contributed by atoms with E-state index in [1.807, 2.05) is 11.8 Å². The molecule has 6 heteroatoms. The lowest BCUT2D eigenvalue weighted by Crippen LogP contribution is -2.38. The summed E-state index contributed by atoms with van der Waals surface area (Å²) in [7, 11) is 4.28. The van der Waals surface area contributed by atoms with Gasteiger partial charge in [0.2, 0.25) is 0 Å². The van der Waals surface area contributed by atoms with Gasteiger partial charge in [0, 0.05) is 25.4 Å². The molecule has 0 aliphatic carbocycles. The van der Waals surface area contributed by atoms with Crippen molar-refractivity contribution in [2.75, 3.05) is 52.3 Å². The molecular formula is C15H35IN4S. The minimum Gasteiger partial charge on any atom is -0.357 e. The van der Waals surface area contributed by atoms with Crippen molar-refractivity contribution < 1.29 is 0 Å². The van der Waals surface area contributed by atoms with Crippen LogP contribution in [0.5, 0.6) is 0 Å². The van der Waals surface area contributed by atoms with Crippen LogP contribution in [0.15, 0.2) is 4.99 Å². The van der Waals surface area contributed by atoms with Crippen LogP contribution in [0.4, 0.5) is 0 Å². The van der Waals surface area contributed by atoms with E-state index in [1.165, 1.54) is 38.6 Å². The number of nitrogens with one attached hydrogen (secondary N) is 2. The summed E-state index contributed by atoms with van der Waals surface area (Å²) >= 11 is 1.85. The first-order chi connectivity index (χ1) is 9.70. The van der Waals surface area contributed by atoms with Crippen LogP contribution in [0.1, 0.15) is 39.0 Å². The van der Waals surface area contributed by atoms with Crippen LogP contribution in [-0.4, -0.2) is 63.1 Å². The van der Waals surface area contributed by atoms with Crippen LogP contribution >= 0.6 is 35.7 Å². The second kappa shape index (κ2) is 18.4. The Kier molecular flexibility index (Phi) is 20.6. The van der Waals surface area contributed by atoms with Crippen molar-refractivity contribution in [1.29, 1.82) is 0 Å². The van der Waals surface area contributed by atoms with Crippen molar-refractivity contribution in [3.05, 3.63) is 0 Å². The second-order valence-electron chi connectivity index (χ2n) is 5.25. The molecule has 0 atom stereocenters. The van der Waals surface area contributed by atoms with Crippen molar-refractivity contribution in [2.24, 2.45) is 4.99 Å². The molecule has 0 aliphatic heterocycles. The molecule has 0 saturated heterocycles. The fourth-order valence-electron chi connectivity index (χ4n) is 1.87. The highest BCUT2D eigenvalue weighted by molar-refractivity contribution is 14.0. The predicted molar refractivity (Wildman–Crippen MR) is 109 cm³/mol. The quantitative estimate of drug-likeness (QED) is 0.216. The summed E-state index contributed by atoms with van der Waals surface area (Å²) < 4.78 is 0. The Hall–Kier alpha value is 0.310. The molecule has 0 aromatic carbocycles. The molecule has 21 heavy (non-hydrogen) atoms. The minimum atomic E-state index is 0. The van der Waals surface area contributed by atoms with E-state index in [0.717, 1.165) is 31.3 Å². The van der Waals surface area contributed by atoms with Gasteiger partial charge in [0.25, 0.3) is 0 Å². The van der Waals surface area contributed by atoms with Crippen molar-refractivity contribution in [2.45, 2.75) is 39.0 Å². The van der Waals surface area contributed by atoms with Crippen molar-refractivity contribution in [1.82, 2.24) is 15.5 Å². The van der Waals surface area contributed by atoms with Gasteiger partial charge < -0.3 is 15.5 Å². The summed E-state index contributed by atoms with van der Waals surface area (Å²) in [6.45, 7) is 6.16. The highest BCUT2D eigenvalue weighted by Crippen LogP contribution is 2.03. The number of hydrogen-bond acceptors (Lipinski definition) is 3. The summed E-state index contributed by atoms with van der Waals surface area (Å²) in [5, 5.41) is 6.65. The second-order valence-corrected chi connectivity index (χ2v) is 6.24. The smallest absolute Gasteiger partial charge is 0.191 e. The first-order valence-electron chi connectivity index (χ1n) is 7.86. The molecule has 0 rings (SSSR count). The van der Waals surface area contributed by atoms with E-state index < -0.39 is 0 Å². The normalized spacial score (nSPS) is 11.4. The van der Waals surface area contributed by atoms with Crippen LogP contribution in [0, 0.1) is 0 Å². The van der Waals surface area contributed by atoms with Crippen LogP contribution in [0.3, 0.4) is 0 Å². The van der Waals surface area contributed by atoms with Gasteiger partial charge in [0.05, 0.1) is 0 Å². The zero-order valence-corrected chi connectivity index (χ0v) is 17.4. The lowest BCUT2D eigenvalue weighted by atomic mass is 10.1. The number of unbranched alkanes of at least 4 members (excludes halogenated alkanes) is 4. The fraction of sp³-hybridized carbons (Fsp3) is 0.933. The minimum absolute atomic E-state index is 0. The predicted octanol–water partition coefficient (Wildman–Crippen LogP) is 3.03. The van der Waals surface area contributed by atoms with Crippen LogP contribution < -0.4 is 10.6 Å². The Labute approximate surface area is 153 Å². The highest BCUT2D eigenvalue weighted by atomic mass is 127. The molecule has 0 aromatic heterocycles. The fourth-order valence-corrected chi connectivity index (χ4v) is 2.18. The Morgan fingerprint density at radius 1 is 1.05 bits per heavy atom. The third-order valence-electron chi connectivity index (χ3n) is 2.98. The number of nitrogens with zero attached hydrogens (tertiary/aromatic N) is 2. The van der Waals surface area contributed by atoms with Crippen LogP contribution in [0.25, 0.3) is 0 Å². The molecule has 0 bridgehead atoms. The Bertz CT molecular complexity index is 238. The van der Waals surface area contributed by atoms with Gasteiger partial charge in [-0.2, -0.15) is 11.8 Å². The van der Waals surface area contributed by atoms with E-state index in [-0.39, 0.29) is 24.0 Å². The first kappa shape index (κ1) is 23.6. The summed E-state index contributed by atoms with van der Waals surface area (Å²) in [6, 6.07) is 0. The van der Waals surface area contributed by atoms with Gasteiger partial charge in [0.15, 0.2) is 5.96 Å². The maximum absolute atomic E-state index is 4.61. The summed E-state index contributed by atoms with van der Waals surface area (Å²) in [6.07, 6.45) is 8.60. The van der Waals surface area contributed by atoms with E-state index in [1.54, 1.807) is 0 Å². The molecule has 2 N–H and O–H groups in total. The Balaban J connectivity index is 0. The van der Waals surface area contributed by atoms with E-state index >= 15 is 0 Å². The number of guanidine groups is 1. The highest BCUT2D eigenvalue weighted by Gasteiger charge is 1.96. The monoisotopic (exact) mass is 430 g/mol. The van der Waals surface area contributed by atoms with Gasteiger partial charge in [0.1, 0.15) is 0 Å². The average Bonchev–Trinajstić information content (AvgIpc) is 2.41. The van der Waals surface area contributed by atoms with E-state index in [2.05, 4.69) is 47.8 Å². The maximum Gasteiger partial charge on any atom is 0.191 e. The largest absolute Gasteiger partial charge is 0.357 e. The summed E-state index contributed by atoms with van der Waals surface area (Å²) in [4.78, 5) is 6.87. The van der Waals surface area contributed by atoms with E-state index in [9.17, 15) is 0 Å². The standard InChI is InChI=1S/C15H34N4S.HI/c1-5-16-15(18-12-14-20-4)17-11-9-7-6-8-10-13-19(2)3;/h5-14H2,1-4H3,(H2,16,17,18);1H. The lowest BCUT2D eigenvalue weighted by molar-refractivity contribution is 0.390. The molecule has 0 radical (unpaired) electrons. The number of hydrogen-bond donors (Lipinski definition) is 2. The molecule has 0 unspecified atom stereocenters. The molecule has 0 spiro atoms. The molecule has 0 aliphatic rings. The summed E-state index contributed by atoms with van der Waals surface area (Å²) in [5.74, 6) is 2.09. The van der Waals surface area contributed by atoms with Gasteiger partial charge in [-0.05, 0) is 46.7 Å². The molecule has 0 heterocycles. The lowest BCUT2D eigenvalue weighted by Gasteiger charge is -2.10. The number of aliphatic imine (C=N–C) groups is 1. The summed E-state index contributed by atoms with van der Waals surface area (Å²) in [5.41, 5.74) is 0. The molecule has 4 nitrogen and oxygen atoms in total. The van der Waals surface area contributed by atoms with Gasteiger partial charge in [-0.3, -0.25) is 4.99 Å². The topological polar surface area (TPSA) is 39.7 Å².